The first-order chi connectivity index (χ1) is 14.1. The van der Waals surface area contributed by atoms with E-state index in [2.05, 4.69) is 12.2 Å². The zero-order valence-electron chi connectivity index (χ0n) is 16.1. The summed E-state index contributed by atoms with van der Waals surface area (Å²) in [5.41, 5.74) is 0.753. The topological polar surface area (TPSA) is 87.7 Å². The van der Waals surface area contributed by atoms with Gasteiger partial charge in [0.25, 0.3) is 0 Å². The van der Waals surface area contributed by atoms with E-state index in [1.807, 2.05) is 6.07 Å². The van der Waals surface area contributed by atoms with Gasteiger partial charge in [0.1, 0.15) is 11.3 Å². The molecular formula is C23H22NO5-. The van der Waals surface area contributed by atoms with Gasteiger partial charge in [-0.3, -0.25) is 4.79 Å². The first-order valence-corrected chi connectivity index (χ1v) is 9.53. The number of Topliss-reactive ketones (excluding diaryl/α,β-unsaturated/α-hetero) is 1. The second-order valence-electron chi connectivity index (χ2n) is 6.55. The minimum Gasteiger partial charge on any atom is -0.544 e. The summed E-state index contributed by atoms with van der Waals surface area (Å²) in [5, 5.41) is 14.3. The standard InChI is InChI=1S/C23H23NO5/c1-2-3-7-14-28-18-12-10-16(11-13-18)15-19-21(25)20(23(26)27)22(29-19)24-17-8-5-4-6-9-17/h4-6,8-13,15,24H,2-3,7,14H2,1H3,(H,26,27)/p-1/b19-15-. The average molecular weight is 392 g/mol. The summed E-state index contributed by atoms with van der Waals surface area (Å²) in [7, 11) is 0. The van der Waals surface area contributed by atoms with E-state index in [0.29, 0.717) is 17.9 Å². The Hall–Kier alpha value is -3.54. The molecule has 0 atom stereocenters. The van der Waals surface area contributed by atoms with Crippen LogP contribution in [0.4, 0.5) is 5.69 Å². The second kappa shape index (κ2) is 9.59. The van der Waals surface area contributed by atoms with Crippen LogP contribution in [0.3, 0.4) is 0 Å². The minimum absolute atomic E-state index is 0.0840. The summed E-state index contributed by atoms with van der Waals surface area (Å²) in [6.45, 7) is 2.79. The van der Waals surface area contributed by atoms with Crippen molar-refractivity contribution >= 4 is 23.5 Å². The SMILES string of the molecule is CCCCCOc1ccc(/C=C2\OC(Nc3ccccc3)=C(C(=O)[O-])C2=O)cc1. The number of anilines is 1. The number of rotatable bonds is 9. The highest BCUT2D eigenvalue weighted by molar-refractivity contribution is 6.25. The zero-order valence-corrected chi connectivity index (χ0v) is 16.1. The van der Waals surface area contributed by atoms with E-state index in [0.717, 1.165) is 25.0 Å². The van der Waals surface area contributed by atoms with Crippen molar-refractivity contribution < 1.29 is 24.2 Å². The van der Waals surface area contributed by atoms with Gasteiger partial charge in [0.15, 0.2) is 5.76 Å². The lowest BCUT2D eigenvalue weighted by Gasteiger charge is -2.09. The van der Waals surface area contributed by atoms with Crippen LogP contribution in [0.5, 0.6) is 5.75 Å². The molecule has 0 fully saturated rings. The number of carboxylic acids is 1. The molecule has 0 aromatic heterocycles. The predicted molar refractivity (Wildman–Crippen MR) is 108 cm³/mol. The number of ether oxygens (including phenoxy) is 2. The highest BCUT2D eigenvalue weighted by Gasteiger charge is 2.31. The molecule has 6 nitrogen and oxygen atoms in total. The number of carbonyl (C=O) groups excluding carboxylic acids is 2. The molecule has 29 heavy (non-hydrogen) atoms. The van der Waals surface area contributed by atoms with Gasteiger partial charge < -0.3 is 24.7 Å². The van der Waals surface area contributed by atoms with E-state index in [1.54, 1.807) is 48.5 Å². The number of hydrogen-bond donors (Lipinski definition) is 1. The van der Waals surface area contributed by atoms with E-state index in [1.165, 1.54) is 6.08 Å². The van der Waals surface area contributed by atoms with Crippen LogP contribution >= 0.6 is 0 Å². The Morgan fingerprint density at radius 3 is 2.48 bits per heavy atom. The number of aliphatic carboxylic acids is 1. The summed E-state index contributed by atoms with van der Waals surface area (Å²) in [6.07, 6.45) is 4.75. The number of nitrogens with one attached hydrogen (secondary N) is 1. The Morgan fingerprint density at radius 1 is 1.10 bits per heavy atom. The summed E-state index contributed by atoms with van der Waals surface area (Å²) in [5.74, 6) is -1.82. The van der Waals surface area contributed by atoms with Crippen LogP contribution in [0.25, 0.3) is 6.08 Å². The molecule has 2 aromatic rings. The van der Waals surface area contributed by atoms with Gasteiger partial charge in [0, 0.05) is 5.69 Å². The molecule has 0 spiro atoms. The van der Waals surface area contributed by atoms with Gasteiger partial charge in [-0.1, -0.05) is 50.1 Å². The third-order valence-electron chi connectivity index (χ3n) is 4.32. The third kappa shape index (κ3) is 5.25. The molecule has 1 aliphatic rings. The lowest BCUT2D eigenvalue weighted by molar-refractivity contribution is -0.298. The van der Waals surface area contributed by atoms with Crippen LogP contribution in [0.1, 0.15) is 31.7 Å². The molecule has 3 rings (SSSR count). The second-order valence-corrected chi connectivity index (χ2v) is 6.55. The first kappa shape index (κ1) is 20.2. The number of carboxylic acid groups (broad SMARTS) is 1. The molecule has 0 saturated carbocycles. The molecule has 6 heteroatoms. The molecule has 0 radical (unpaired) electrons. The molecule has 0 unspecified atom stereocenters. The molecule has 0 amide bonds. The fourth-order valence-corrected chi connectivity index (χ4v) is 2.81. The number of hydrogen-bond acceptors (Lipinski definition) is 6. The van der Waals surface area contributed by atoms with E-state index in [9.17, 15) is 14.7 Å². The van der Waals surface area contributed by atoms with Crippen LogP contribution in [0.15, 0.2) is 71.8 Å². The van der Waals surface area contributed by atoms with Crippen LogP contribution in [0, 0.1) is 0 Å². The summed E-state index contributed by atoms with van der Waals surface area (Å²) in [6, 6.07) is 16.0. The maximum atomic E-state index is 12.5. The quantitative estimate of drug-likeness (QED) is 0.400. The Bertz CT molecular complexity index is 930. The average Bonchev–Trinajstić information content (AvgIpc) is 3.02. The van der Waals surface area contributed by atoms with Crippen molar-refractivity contribution in [3.05, 3.63) is 77.4 Å². The Morgan fingerprint density at radius 2 is 1.83 bits per heavy atom. The van der Waals surface area contributed by atoms with Crippen LogP contribution in [-0.2, 0) is 14.3 Å². The zero-order chi connectivity index (χ0) is 20.6. The van der Waals surface area contributed by atoms with E-state index in [4.69, 9.17) is 9.47 Å². The van der Waals surface area contributed by atoms with Gasteiger partial charge in [-0.25, -0.2) is 0 Å². The van der Waals surface area contributed by atoms with Crippen LogP contribution in [0.2, 0.25) is 0 Å². The fraction of sp³-hybridized carbons (Fsp3) is 0.217. The Balaban J connectivity index is 1.72. The normalized spacial score (nSPS) is 14.8. The monoisotopic (exact) mass is 392 g/mol. The first-order valence-electron chi connectivity index (χ1n) is 9.53. The summed E-state index contributed by atoms with van der Waals surface area (Å²) >= 11 is 0. The summed E-state index contributed by atoms with van der Waals surface area (Å²) in [4.78, 5) is 23.9. The number of para-hydroxylation sites is 1. The van der Waals surface area contributed by atoms with Gasteiger partial charge >= 0.3 is 0 Å². The third-order valence-corrected chi connectivity index (χ3v) is 4.32. The van der Waals surface area contributed by atoms with Gasteiger partial charge in [-0.2, -0.15) is 0 Å². The fourth-order valence-electron chi connectivity index (χ4n) is 2.81. The molecule has 2 aromatic carbocycles. The van der Waals surface area contributed by atoms with Gasteiger partial charge in [-0.15, -0.1) is 0 Å². The molecule has 1 heterocycles. The number of benzene rings is 2. The lowest BCUT2D eigenvalue weighted by Crippen LogP contribution is -2.28. The highest BCUT2D eigenvalue weighted by Crippen LogP contribution is 2.28. The minimum atomic E-state index is -1.59. The van der Waals surface area contributed by atoms with E-state index in [-0.39, 0.29) is 11.6 Å². The van der Waals surface area contributed by atoms with E-state index >= 15 is 0 Å². The van der Waals surface area contributed by atoms with Gasteiger partial charge in [-0.05, 0) is 42.3 Å². The molecule has 0 saturated heterocycles. The van der Waals surface area contributed by atoms with Gasteiger partial charge in [0.05, 0.1) is 12.6 Å². The Kier molecular flexibility index (Phi) is 6.68. The number of allylic oxidation sites excluding steroid dienone is 1. The van der Waals surface area contributed by atoms with Crippen molar-refractivity contribution in [2.24, 2.45) is 0 Å². The molecule has 1 aliphatic heterocycles. The van der Waals surface area contributed by atoms with Crippen molar-refractivity contribution in [1.29, 1.82) is 0 Å². The number of ketones is 1. The van der Waals surface area contributed by atoms with Crippen molar-refractivity contribution in [1.82, 2.24) is 0 Å². The smallest absolute Gasteiger partial charge is 0.235 e. The maximum Gasteiger partial charge on any atom is 0.235 e. The molecule has 0 bridgehead atoms. The number of unbranched alkanes of at least 4 members (excludes halogenated alkanes) is 2. The van der Waals surface area contributed by atoms with Crippen LogP contribution in [-0.4, -0.2) is 18.4 Å². The number of carbonyl (C=O) groups is 2. The van der Waals surface area contributed by atoms with E-state index < -0.39 is 17.3 Å². The predicted octanol–water partition coefficient (Wildman–Crippen LogP) is 3.27. The summed E-state index contributed by atoms with van der Waals surface area (Å²) < 4.78 is 11.2. The largest absolute Gasteiger partial charge is 0.544 e. The van der Waals surface area contributed by atoms with Crippen LogP contribution < -0.4 is 15.2 Å². The van der Waals surface area contributed by atoms with Gasteiger partial charge in [0.2, 0.25) is 11.7 Å². The molecule has 0 aliphatic carbocycles. The highest BCUT2D eigenvalue weighted by atomic mass is 16.5. The van der Waals surface area contributed by atoms with Crippen molar-refractivity contribution in [2.75, 3.05) is 11.9 Å². The Labute approximate surface area is 169 Å². The lowest BCUT2D eigenvalue weighted by atomic mass is 10.1. The molecule has 1 N–H and O–H groups in total. The maximum absolute atomic E-state index is 12.5. The van der Waals surface area contributed by atoms with Crippen molar-refractivity contribution in [3.63, 3.8) is 0 Å². The van der Waals surface area contributed by atoms with Crippen molar-refractivity contribution in [2.45, 2.75) is 26.2 Å². The molecular weight excluding hydrogens is 370 g/mol. The van der Waals surface area contributed by atoms with Crippen molar-refractivity contribution in [3.8, 4) is 5.75 Å². The molecule has 150 valence electrons.